The maximum Gasteiger partial charge on any atom is 0.0886 e. The second-order valence-corrected chi connectivity index (χ2v) is 3.57. The largest absolute Gasteiger partial charge is 0.329 e. The molecular weight excluding hydrogens is 212 g/mol. The molecule has 2 rings (SSSR count). The molecular formula is C10H11ClN4. The SMILES string of the molecule is NCCn1nncc1-c1ccc(Cl)cc1. The molecule has 0 saturated carbocycles. The van der Waals surface area contributed by atoms with Crippen LogP contribution in [0.3, 0.4) is 0 Å². The van der Waals surface area contributed by atoms with Crippen molar-refractivity contribution in [1.29, 1.82) is 0 Å². The number of hydrogen-bond acceptors (Lipinski definition) is 3. The Morgan fingerprint density at radius 2 is 2.00 bits per heavy atom. The number of nitrogens with two attached hydrogens (primary N) is 1. The third kappa shape index (κ3) is 2.16. The Hall–Kier alpha value is -1.39. The Balaban J connectivity index is 2.36. The second-order valence-electron chi connectivity index (χ2n) is 3.14. The van der Waals surface area contributed by atoms with Crippen molar-refractivity contribution in [2.24, 2.45) is 5.73 Å². The number of halogens is 1. The molecule has 78 valence electrons. The lowest BCUT2D eigenvalue weighted by molar-refractivity contribution is 0.604. The minimum absolute atomic E-state index is 0.546. The lowest BCUT2D eigenvalue weighted by atomic mass is 10.2. The van der Waals surface area contributed by atoms with E-state index in [2.05, 4.69) is 10.3 Å². The molecule has 1 heterocycles. The molecule has 2 aromatic rings. The summed E-state index contributed by atoms with van der Waals surface area (Å²) in [5.74, 6) is 0. The third-order valence-electron chi connectivity index (χ3n) is 2.10. The quantitative estimate of drug-likeness (QED) is 0.858. The van der Waals surface area contributed by atoms with Gasteiger partial charge < -0.3 is 5.73 Å². The molecule has 0 bridgehead atoms. The lowest BCUT2D eigenvalue weighted by Gasteiger charge is -2.04. The van der Waals surface area contributed by atoms with Crippen LogP contribution in [0.2, 0.25) is 5.02 Å². The standard InChI is InChI=1S/C10H11ClN4/c11-9-3-1-8(2-4-9)10-7-13-14-15(10)6-5-12/h1-4,7H,5-6,12H2. The maximum absolute atomic E-state index is 5.82. The van der Waals surface area contributed by atoms with Crippen molar-refractivity contribution < 1.29 is 0 Å². The van der Waals surface area contributed by atoms with Crippen LogP contribution in [0.1, 0.15) is 0 Å². The van der Waals surface area contributed by atoms with Crippen molar-refractivity contribution in [3.8, 4) is 11.3 Å². The fourth-order valence-corrected chi connectivity index (χ4v) is 1.52. The monoisotopic (exact) mass is 222 g/mol. The predicted octanol–water partition coefficient (Wildman–Crippen LogP) is 1.56. The van der Waals surface area contributed by atoms with Gasteiger partial charge in [0.1, 0.15) is 0 Å². The summed E-state index contributed by atoms with van der Waals surface area (Å²) in [6, 6.07) is 7.56. The van der Waals surface area contributed by atoms with Crippen LogP contribution in [-0.4, -0.2) is 21.5 Å². The summed E-state index contributed by atoms with van der Waals surface area (Å²) >= 11 is 5.82. The molecule has 0 unspecified atom stereocenters. The van der Waals surface area contributed by atoms with E-state index in [9.17, 15) is 0 Å². The van der Waals surface area contributed by atoms with Gasteiger partial charge in [-0.05, 0) is 12.1 Å². The van der Waals surface area contributed by atoms with E-state index in [0.29, 0.717) is 13.1 Å². The molecule has 0 saturated heterocycles. The van der Waals surface area contributed by atoms with E-state index < -0.39 is 0 Å². The molecule has 0 spiro atoms. The molecule has 0 amide bonds. The van der Waals surface area contributed by atoms with Crippen LogP contribution in [-0.2, 0) is 6.54 Å². The van der Waals surface area contributed by atoms with Gasteiger partial charge in [-0.3, -0.25) is 0 Å². The molecule has 4 nitrogen and oxygen atoms in total. The number of rotatable bonds is 3. The zero-order chi connectivity index (χ0) is 10.7. The minimum atomic E-state index is 0.546. The van der Waals surface area contributed by atoms with Crippen molar-refractivity contribution >= 4 is 11.6 Å². The Bertz CT molecular complexity index is 435. The smallest absolute Gasteiger partial charge is 0.0886 e. The van der Waals surface area contributed by atoms with Gasteiger partial charge in [0.15, 0.2) is 0 Å². The van der Waals surface area contributed by atoms with Crippen LogP contribution in [0.5, 0.6) is 0 Å². The average Bonchev–Trinajstić information content (AvgIpc) is 2.68. The zero-order valence-electron chi connectivity index (χ0n) is 8.10. The first-order valence-corrected chi connectivity index (χ1v) is 5.03. The first-order chi connectivity index (χ1) is 7.31. The fourth-order valence-electron chi connectivity index (χ4n) is 1.39. The van der Waals surface area contributed by atoms with E-state index in [-0.39, 0.29) is 0 Å². The average molecular weight is 223 g/mol. The minimum Gasteiger partial charge on any atom is -0.329 e. The summed E-state index contributed by atoms with van der Waals surface area (Å²) in [6.45, 7) is 1.21. The van der Waals surface area contributed by atoms with Crippen molar-refractivity contribution in [2.75, 3.05) is 6.54 Å². The van der Waals surface area contributed by atoms with Crippen LogP contribution in [0.4, 0.5) is 0 Å². The van der Waals surface area contributed by atoms with Gasteiger partial charge in [0.25, 0.3) is 0 Å². The molecule has 2 N–H and O–H groups in total. The Morgan fingerprint density at radius 1 is 1.27 bits per heavy atom. The van der Waals surface area contributed by atoms with Gasteiger partial charge in [0.2, 0.25) is 0 Å². The fraction of sp³-hybridized carbons (Fsp3) is 0.200. The van der Waals surface area contributed by atoms with Gasteiger partial charge in [0, 0.05) is 17.1 Å². The summed E-state index contributed by atoms with van der Waals surface area (Å²) in [6.07, 6.45) is 1.72. The molecule has 1 aromatic carbocycles. The maximum atomic E-state index is 5.82. The first kappa shape index (κ1) is 10.1. The summed E-state index contributed by atoms with van der Waals surface area (Å²) in [5.41, 5.74) is 7.48. The number of aromatic nitrogens is 3. The Labute approximate surface area is 92.7 Å². The van der Waals surface area contributed by atoms with E-state index in [0.717, 1.165) is 16.3 Å². The summed E-state index contributed by atoms with van der Waals surface area (Å²) < 4.78 is 1.78. The predicted molar refractivity (Wildman–Crippen MR) is 59.5 cm³/mol. The van der Waals surface area contributed by atoms with Gasteiger partial charge >= 0.3 is 0 Å². The Kier molecular flexibility index (Phi) is 2.99. The first-order valence-electron chi connectivity index (χ1n) is 4.66. The topological polar surface area (TPSA) is 56.7 Å². The van der Waals surface area contributed by atoms with Crippen LogP contribution in [0, 0.1) is 0 Å². The third-order valence-corrected chi connectivity index (χ3v) is 2.35. The normalized spacial score (nSPS) is 10.5. The molecule has 0 fully saturated rings. The van der Waals surface area contributed by atoms with E-state index in [1.54, 1.807) is 10.9 Å². The van der Waals surface area contributed by atoms with E-state index >= 15 is 0 Å². The summed E-state index contributed by atoms with van der Waals surface area (Å²) in [5, 5.41) is 8.54. The van der Waals surface area contributed by atoms with Crippen LogP contribution < -0.4 is 5.73 Å². The molecule has 0 radical (unpaired) electrons. The van der Waals surface area contributed by atoms with Crippen LogP contribution >= 0.6 is 11.6 Å². The van der Waals surface area contributed by atoms with Crippen molar-refractivity contribution in [3.05, 3.63) is 35.5 Å². The second kappa shape index (κ2) is 4.42. The van der Waals surface area contributed by atoms with Gasteiger partial charge in [-0.15, -0.1) is 5.10 Å². The zero-order valence-corrected chi connectivity index (χ0v) is 8.85. The highest BCUT2D eigenvalue weighted by Crippen LogP contribution is 2.20. The lowest BCUT2D eigenvalue weighted by Crippen LogP contribution is -2.12. The van der Waals surface area contributed by atoms with E-state index in [1.165, 1.54) is 0 Å². The highest BCUT2D eigenvalue weighted by atomic mass is 35.5. The van der Waals surface area contributed by atoms with Crippen molar-refractivity contribution in [1.82, 2.24) is 15.0 Å². The number of nitrogens with zero attached hydrogens (tertiary/aromatic N) is 3. The van der Waals surface area contributed by atoms with E-state index in [4.69, 9.17) is 17.3 Å². The molecule has 5 heteroatoms. The van der Waals surface area contributed by atoms with Crippen molar-refractivity contribution in [2.45, 2.75) is 6.54 Å². The molecule has 0 aliphatic carbocycles. The summed E-state index contributed by atoms with van der Waals surface area (Å²) in [7, 11) is 0. The Morgan fingerprint density at radius 3 is 2.67 bits per heavy atom. The molecule has 1 aromatic heterocycles. The molecule has 0 aliphatic rings. The van der Waals surface area contributed by atoms with Crippen molar-refractivity contribution in [3.63, 3.8) is 0 Å². The van der Waals surface area contributed by atoms with Gasteiger partial charge in [-0.1, -0.05) is 28.9 Å². The summed E-state index contributed by atoms with van der Waals surface area (Å²) in [4.78, 5) is 0. The molecule has 15 heavy (non-hydrogen) atoms. The molecule has 0 aliphatic heterocycles. The number of benzene rings is 1. The number of hydrogen-bond donors (Lipinski definition) is 1. The highest BCUT2D eigenvalue weighted by molar-refractivity contribution is 6.30. The highest BCUT2D eigenvalue weighted by Gasteiger charge is 2.05. The van der Waals surface area contributed by atoms with Crippen LogP contribution in [0.25, 0.3) is 11.3 Å². The van der Waals surface area contributed by atoms with Gasteiger partial charge in [0.05, 0.1) is 18.4 Å². The van der Waals surface area contributed by atoms with Gasteiger partial charge in [-0.25, -0.2) is 4.68 Å². The van der Waals surface area contributed by atoms with E-state index in [1.807, 2.05) is 24.3 Å². The van der Waals surface area contributed by atoms with Gasteiger partial charge in [-0.2, -0.15) is 0 Å². The van der Waals surface area contributed by atoms with Crippen LogP contribution in [0.15, 0.2) is 30.5 Å². The molecule has 0 atom stereocenters.